The van der Waals surface area contributed by atoms with Gasteiger partial charge < -0.3 is 15.6 Å². The number of aliphatic hydroxyl groups is 1. The second-order valence-electron chi connectivity index (χ2n) is 3.49. The first kappa shape index (κ1) is 12.5. The Kier molecular flexibility index (Phi) is 5.34. The van der Waals surface area contributed by atoms with Crippen LogP contribution in [0.4, 0.5) is 0 Å². The number of nitrogens with zero attached hydrogens (tertiary/aromatic N) is 1. The summed E-state index contributed by atoms with van der Waals surface area (Å²) in [6, 6.07) is 9.01. The second-order valence-corrected chi connectivity index (χ2v) is 3.49. The average molecular weight is 220 g/mol. The van der Waals surface area contributed by atoms with Crippen molar-refractivity contribution >= 4 is 0 Å². The van der Waals surface area contributed by atoms with Gasteiger partial charge in [-0.2, -0.15) is 5.26 Å². The van der Waals surface area contributed by atoms with Crippen molar-refractivity contribution in [1.82, 2.24) is 0 Å². The highest BCUT2D eigenvalue weighted by molar-refractivity contribution is 5.27. The summed E-state index contributed by atoms with van der Waals surface area (Å²) in [5.74, 6) is 0.756. The molecule has 0 bridgehead atoms. The summed E-state index contributed by atoms with van der Waals surface area (Å²) in [5, 5.41) is 17.2. The van der Waals surface area contributed by atoms with E-state index < -0.39 is 6.04 Å². The van der Waals surface area contributed by atoms with Crippen LogP contribution in [0.3, 0.4) is 0 Å². The molecule has 1 aromatic carbocycles. The highest BCUT2D eigenvalue weighted by Crippen LogP contribution is 2.12. The first-order valence-electron chi connectivity index (χ1n) is 5.24. The van der Waals surface area contributed by atoms with E-state index in [2.05, 4.69) is 0 Å². The zero-order valence-electron chi connectivity index (χ0n) is 9.10. The van der Waals surface area contributed by atoms with Crippen LogP contribution in [0.1, 0.15) is 12.0 Å². The normalized spacial score (nSPS) is 11.8. The molecule has 0 aromatic heterocycles. The van der Waals surface area contributed by atoms with Crippen molar-refractivity contribution in [2.45, 2.75) is 18.9 Å². The molecule has 0 amide bonds. The Hall–Kier alpha value is -1.57. The van der Waals surface area contributed by atoms with E-state index in [4.69, 9.17) is 20.8 Å². The number of nitrogens with two attached hydrogens (primary N) is 1. The fourth-order valence-corrected chi connectivity index (χ4v) is 1.25. The number of hydrogen-bond acceptors (Lipinski definition) is 4. The van der Waals surface area contributed by atoms with Crippen LogP contribution in [0.25, 0.3) is 0 Å². The third-order valence-electron chi connectivity index (χ3n) is 2.19. The van der Waals surface area contributed by atoms with E-state index in [0.717, 1.165) is 11.3 Å². The Labute approximate surface area is 95.3 Å². The minimum Gasteiger partial charge on any atom is -0.493 e. The Morgan fingerprint density at radius 3 is 2.62 bits per heavy atom. The van der Waals surface area contributed by atoms with Crippen molar-refractivity contribution in [3.8, 4) is 11.8 Å². The van der Waals surface area contributed by atoms with Crippen LogP contribution in [-0.2, 0) is 6.42 Å². The maximum Gasteiger partial charge on any atom is 0.119 e. The van der Waals surface area contributed by atoms with Gasteiger partial charge in [-0.3, -0.25) is 0 Å². The van der Waals surface area contributed by atoms with Gasteiger partial charge in [0.05, 0.1) is 18.7 Å². The van der Waals surface area contributed by atoms with Gasteiger partial charge in [-0.25, -0.2) is 0 Å². The van der Waals surface area contributed by atoms with Crippen molar-refractivity contribution in [3.63, 3.8) is 0 Å². The monoisotopic (exact) mass is 220 g/mol. The molecule has 3 N–H and O–H groups in total. The number of ether oxygens (including phenoxy) is 1. The molecule has 0 aliphatic rings. The fraction of sp³-hybridized carbons (Fsp3) is 0.417. The van der Waals surface area contributed by atoms with E-state index in [-0.39, 0.29) is 6.61 Å². The standard InChI is InChI=1S/C12H16N2O2/c13-9-11(14)6-8-16-12-3-1-10(2-4-12)5-7-15/h1-4,11,15H,5-8,14H2. The molecular weight excluding hydrogens is 204 g/mol. The molecule has 0 saturated carbocycles. The number of nitriles is 1. The molecule has 4 heteroatoms. The minimum atomic E-state index is -0.464. The van der Waals surface area contributed by atoms with E-state index in [1.165, 1.54) is 0 Å². The van der Waals surface area contributed by atoms with Crippen LogP contribution < -0.4 is 10.5 Å². The largest absolute Gasteiger partial charge is 0.493 e. The molecule has 0 aliphatic heterocycles. The van der Waals surface area contributed by atoms with Crippen LogP contribution >= 0.6 is 0 Å². The SMILES string of the molecule is N#CC(N)CCOc1ccc(CCO)cc1. The van der Waals surface area contributed by atoms with Gasteiger partial charge in [0.15, 0.2) is 0 Å². The Bertz CT molecular complexity index is 343. The number of aliphatic hydroxyl groups excluding tert-OH is 1. The topological polar surface area (TPSA) is 79.3 Å². The molecule has 16 heavy (non-hydrogen) atoms. The maximum atomic E-state index is 8.74. The smallest absolute Gasteiger partial charge is 0.119 e. The Morgan fingerprint density at radius 2 is 2.06 bits per heavy atom. The quantitative estimate of drug-likeness (QED) is 0.744. The lowest BCUT2D eigenvalue weighted by atomic mass is 10.1. The lowest BCUT2D eigenvalue weighted by Crippen LogP contribution is -2.20. The maximum absolute atomic E-state index is 8.74. The van der Waals surface area contributed by atoms with Gasteiger partial charge in [0.25, 0.3) is 0 Å². The molecule has 0 aliphatic carbocycles. The molecule has 0 heterocycles. The van der Waals surface area contributed by atoms with E-state index in [1.54, 1.807) is 0 Å². The highest BCUT2D eigenvalue weighted by atomic mass is 16.5. The Balaban J connectivity index is 2.35. The molecule has 0 fully saturated rings. The van der Waals surface area contributed by atoms with Crippen molar-refractivity contribution in [2.24, 2.45) is 5.73 Å². The van der Waals surface area contributed by atoms with Gasteiger partial charge in [-0.05, 0) is 24.1 Å². The predicted octanol–water partition coefficient (Wildman–Crippen LogP) is 0.841. The van der Waals surface area contributed by atoms with Gasteiger partial charge in [0.1, 0.15) is 5.75 Å². The summed E-state index contributed by atoms with van der Waals surface area (Å²) in [6.07, 6.45) is 1.18. The lowest BCUT2D eigenvalue weighted by Gasteiger charge is -2.07. The van der Waals surface area contributed by atoms with Crippen LogP contribution in [0.15, 0.2) is 24.3 Å². The first-order chi connectivity index (χ1) is 7.76. The molecule has 0 radical (unpaired) electrons. The van der Waals surface area contributed by atoms with Crippen LogP contribution in [0.5, 0.6) is 5.75 Å². The van der Waals surface area contributed by atoms with Crippen molar-refractivity contribution < 1.29 is 9.84 Å². The molecule has 0 saturated heterocycles. The van der Waals surface area contributed by atoms with Crippen LogP contribution in [0.2, 0.25) is 0 Å². The summed E-state index contributed by atoms with van der Waals surface area (Å²) in [6.45, 7) is 0.589. The summed E-state index contributed by atoms with van der Waals surface area (Å²) in [4.78, 5) is 0. The molecule has 1 unspecified atom stereocenters. The van der Waals surface area contributed by atoms with E-state index >= 15 is 0 Å². The summed E-state index contributed by atoms with van der Waals surface area (Å²) in [7, 11) is 0. The highest BCUT2D eigenvalue weighted by Gasteiger charge is 2.00. The van der Waals surface area contributed by atoms with Gasteiger partial charge in [0.2, 0.25) is 0 Å². The summed E-state index contributed by atoms with van der Waals surface area (Å²) < 4.78 is 5.42. The first-order valence-corrected chi connectivity index (χ1v) is 5.24. The van der Waals surface area contributed by atoms with Crippen molar-refractivity contribution in [1.29, 1.82) is 5.26 Å². The molecular formula is C12H16N2O2. The molecule has 1 aromatic rings. The minimum absolute atomic E-state index is 0.150. The summed E-state index contributed by atoms with van der Waals surface area (Å²) >= 11 is 0. The number of hydrogen-bond donors (Lipinski definition) is 2. The molecule has 4 nitrogen and oxygen atoms in total. The van der Waals surface area contributed by atoms with Gasteiger partial charge >= 0.3 is 0 Å². The average Bonchev–Trinajstić information content (AvgIpc) is 2.31. The van der Waals surface area contributed by atoms with E-state index in [9.17, 15) is 0 Å². The van der Waals surface area contributed by atoms with Crippen LogP contribution in [-0.4, -0.2) is 24.4 Å². The number of benzene rings is 1. The molecule has 1 atom stereocenters. The van der Waals surface area contributed by atoms with E-state index in [1.807, 2.05) is 30.3 Å². The molecule has 86 valence electrons. The van der Waals surface area contributed by atoms with Gasteiger partial charge in [-0.1, -0.05) is 12.1 Å². The van der Waals surface area contributed by atoms with E-state index in [0.29, 0.717) is 19.4 Å². The lowest BCUT2D eigenvalue weighted by molar-refractivity contribution is 0.298. The van der Waals surface area contributed by atoms with Crippen LogP contribution in [0, 0.1) is 11.3 Å². The summed E-state index contributed by atoms with van der Waals surface area (Å²) in [5.41, 5.74) is 6.50. The molecule has 1 rings (SSSR count). The zero-order chi connectivity index (χ0) is 11.8. The zero-order valence-corrected chi connectivity index (χ0v) is 9.10. The third kappa shape index (κ3) is 4.30. The Morgan fingerprint density at radius 1 is 1.38 bits per heavy atom. The van der Waals surface area contributed by atoms with Crippen molar-refractivity contribution in [2.75, 3.05) is 13.2 Å². The number of rotatable bonds is 6. The molecule has 0 spiro atoms. The van der Waals surface area contributed by atoms with Crippen molar-refractivity contribution in [3.05, 3.63) is 29.8 Å². The van der Waals surface area contributed by atoms with Gasteiger partial charge in [-0.15, -0.1) is 0 Å². The second kappa shape index (κ2) is 6.83. The van der Waals surface area contributed by atoms with Gasteiger partial charge in [0, 0.05) is 13.0 Å². The predicted molar refractivity (Wildman–Crippen MR) is 60.9 cm³/mol. The fourth-order valence-electron chi connectivity index (χ4n) is 1.25. The third-order valence-corrected chi connectivity index (χ3v) is 2.19.